The van der Waals surface area contributed by atoms with E-state index in [1.54, 1.807) is 32.6 Å². The van der Waals surface area contributed by atoms with Crippen LogP contribution in [0.5, 0.6) is 0 Å². The van der Waals surface area contributed by atoms with E-state index >= 15 is 0 Å². The molecule has 1 saturated heterocycles. The topological polar surface area (TPSA) is 85.3 Å². The van der Waals surface area contributed by atoms with Gasteiger partial charge in [0.05, 0.1) is 19.3 Å². The normalized spacial score (nSPS) is 17.2. The van der Waals surface area contributed by atoms with Crippen molar-refractivity contribution in [1.82, 2.24) is 4.90 Å². The second kappa shape index (κ2) is 9.30. The lowest BCUT2D eigenvalue weighted by Gasteiger charge is -2.34. The fraction of sp³-hybridized carbons (Fsp3) is 0.800. The maximum absolute atomic E-state index is 13.1. The van der Waals surface area contributed by atoms with Crippen molar-refractivity contribution in [3.8, 4) is 0 Å². The zero-order valence-electron chi connectivity index (χ0n) is 14.4. The number of esters is 1. The quantitative estimate of drug-likeness (QED) is 0.311. The lowest BCUT2D eigenvalue weighted by atomic mass is 10.1. The molecular formula is C15H28NO6P. The Morgan fingerprint density at radius 1 is 1.13 bits per heavy atom. The van der Waals surface area contributed by atoms with Crippen molar-refractivity contribution in [2.24, 2.45) is 0 Å². The van der Waals surface area contributed by atoms with Gasteiger partial charge >= 0.3 is 13.6 Å². The summed E-state index contributed by atoms with van der Waals surface area (Å²) in [5.41, 5.74) is -0.0773. The minimum atomic E-state index is -3.80. The molecule has 1 aliphatic heterocycles. The molecule has 0 aromatic carbocycles. The van der Waals surface area contributed by atoms with Gasteiger partial charge in [-0.2, -0.15) is 0 Å². The van der Waals surface area contributed by atoms with Crippen LogP contribution in [-0.2, 0) is 23.1 Å². The van der Waals surface area contributed by atoms with Gasteiger partial charge in [-0.15, -0.1) is 0 Å². The van der Waals surface area contributed by atoms with Gasteiger partial charge in [-0.3, -0.25) is 4.57 Å². The molecule has 0 atom stereocenters. The van der Waals surface area contributed by atoms with Crippen LogP contribution >= 0.6 is 7.60 Å². The van der Waals surface area contributed by atoms with Gasteiger partial charge in [0.2, 0.25) is 5.76 Å². The van der Waals surface area contributed by atoms with E-state index in [9.17, 15) is 14.5 Å². The number of rotatable bonds is 8. The van der Waals surface area contributed by atoms with E-state index in [1.165, 1.54) is 0 Å². The Labute approximate surface area is 138 Å². The number of piperidine rings is 1. The van der Waals surface area contributed by atoms with Gasteiger partial charge in [-0.1, -0.05) is 0 Å². The highest BCUT2D eigenvalue weighted by Gasteiger charge is 2.40. The third kappa shape index (κ3) is 5.52. The Morgan fingerprint density at radius 2 is 1.65 bits per heavy atom. The summed E-state index contributed by atoms with van der Waals surface area (Å²) in [5.74, 6) is -1.61. The molecule has 7 nitrogen and oxygen atoms in total. The molecule has 0 spiro atoms. The molecule has 0 amide bonds. The molecule has 0 aromatic heterocycles. The highest BCUT2D eigenvalue weighted by molar-refractivity contribution is 7.58. The Morgan fingerprint density at radius 3 is 2.09 bits per heavy atom. The average Bonchev–Trinajstić information content (AvgIpc) is 2.48. The van der Waals surface area contributed by atoms with Gasteiger partial charge in [0.1, 0.15) is 0 Å². The van der Waals surface area contributed by atoms with Crippen LogP contribution in [0.25, 0.3) is 0 Å². The van der Waals surface area contributed by atoms with Gasteiger partial charge in [0, 0.05) is 13.1 Å². The summed E-state index contributed by atoms with van der Waals surface area (Å²) in [6.07, 6.45) is 2.42. The Kier molecular flexibility index (Phi) is 8.09. The molecule has 1 fully saturated rings. The van der Waals surface area contributed by atoms with E-state index in [4.69, 9.17) is 13.8 Å². The first-order valence-electron chi connectivity index (χ1n) is 8.14. The molecule has 23 heavy (non-hydrogen) atoms. The molecule has 0 saturated carbocycles. The Hall–Kier alpha value is -1.04. The second-order valence-corrected chi connectivity index (χ2v) is 7.44. The summed E-state index contributed by atoms with van der Waals surface area (Å²) >= 11 is 0. The van der Waals surface area contributed by atoms with Crippen LogP contribution in [0.4, 0.5) is 0 Å². The molecule has 8 heteroatoms. The maximum atomic E-state index is 13.1. The first kappa shape index (κ1) is 20.0. The van der Waals surface area contributed by atoms with Crippen molar-refractivity contribution in [1.29, 1.82) is 0 Å². The van der Waals surface area contributed by atoms with E-state index in [0.717, 1.165) is 19.3 Å². The predicted molar refractivity (Wildman–Crippen MR) is 87.2 cm³/mol. The van der Waals surface area contributed by atoms with Gasteiger partial charge in [0.25, 0.3) is 0 Å². The number of hydrogen-bond donors (Lipinski definition) is 1. The van der Waals surface area contributed by atoms with Crippen molar-refractivity contribution in [3.63, 3.8) is 0 Å². The number of likely N-dealkylation sites (tertiary alicyclic amines) is 1. The molecule has 0 aromatic rings. The molecule has 0 bridgehead atoms. The van der Waals surface area contributed by atoms with E-state index in [0.29, 0.717) is 13.1 Å². The van der Waals surface area contributed by atoms with Gasteiger partial charge in [-0.25, -0.2) is 4.79 Å². The lowest BCUT2D eigenvalue weighted by Crippen LogP contribution is -2.32. The molecular weight excluding hydrogens is 321 g/mol. The highest BCUT2D eigenvalue weighted by Crippen LogP contribution is 2.58. The molecule has 1 N–H and O–H groups in total. The lowest BCUT2D eigenvalue weighted by molar-refractivity contribution is -0.146. The minimum absolute atomic E-state index is 0.0773. The van der Waals surface area contributed by atoms with E-state index in [2.05, 4.69) is 0 Å². The molecule has 0 radical (unpaired) electrons. The molecule has 0 unspecified atom stereocenters. The third-order valence-electron chi connectivity index (χ3n) is 3.26. The van der Waals surface area contributed by atoms with Crippen molar-refractivity contribution in [3.05, 3.63) is 11.2 Å². The number of carbonyl (C=O) groups is 1. The van der Waals surface area contributed by atoms with Gasteiger partial charge in [-0.05, 0) is 47.0 Å². The van der Waals surface area contributed by atoms with Crippen LogP contribution in [-0.4, -0.2) is 48.4 Å². The Bertz CT molecular complexity index is 461. The van der Waals surface area contributed by atoms with Crippen LogP contribution in [0.15, 0.2) is 11.2 Å². The molecule has 1 aliphatic rings. The summed E-state index contributed by atoms with van der Waals surface area (Å²) < 4.78 is 28.8. The number of aliphatic hydroxyl groups excluding tert-OH is 1. The zero-order valence-corrected chi connectivity index (χ0v) is 15.3. The Balaban J connectivity index is 3.28. The molecule has 1 heterocycles. The summed E-state index contributed by atoms with van der Waals surface area (Å²) in [5, 5.41) is 10.4. The number of aliphatic hydroxyl groups is 1. The van der Waals surface area contributed by atoms with Crippen LogP contribution < -0.4 is 0 Å². The van der Waals surface area contributed by atoms with E-state index in [-0.39, 0.29) is 18.7 Å². The first-order chi connectivity index (χ1) is 10.9. The number of carbonyl (C=O) groups excluding carboxylic acids is 1. The van der Waals surface area contributed by atoms with Crippen molar-refractivity contribution >= 4 is 13.6 Å². The summed E-state index contributed by atoms with van der Waals surface area (Å²) in [6, 6.07) is 0. The molecule has 134 valence electrons. The SMILES string of the molecule is CCOP(=O)(OCC)/C(=C(/O)C(=O)OC(C)C)N1CCCCC1. The van der Waals surface area contributed by atoms with E-state index < -0.39 is 25.4 Å². The minimum Gasteiger partial charge on any atom is -0.500 e. The van der Waals surface area contributed by atoms with Crippen molar-refractivity contribution < 1.29 is 28.3 Å². The van der Waals surface area contributed by atoms with E-state index in [1.807, 2.05) is 0 Å². The summed E-state index contributed by atoms with van der Waals surface area (Å²) in [7, 11) is -3.80. The van der Waals surface area contributed by atoms with Gasteiger partial charge in [0.15, 0.2) is 5.44 Å². The number of hydrogen-bond acceptors (Lipinski definition) is 7. The number of ether oxygens (including phenoxy) is 1. The fourth-order valence-corrected chi connectivity index (χ4v) is 4.32. The smallest absolute Gasteiger partial charge is 0.381 e. The van der Waals surface area contributed by atoms with Crippen molar-refractivity contribution in [2.75, 3.05) is 26.3 Å². The fourth-order valence-electron chi connectivity index (χ4n) is 2.42. The zero-order chi connectivity index (χ0) is 17.5. The summed E-state index contributed by atoms with van der Waals surface area (Å²) in [6.45, 7) is 8.16. The maximum Gasteiger partial charge on any atom is 0.381 e. The van der Waals surface area contributed by atoms with Crippen LogP contribution in [0, 0.1) is 0 Å². The largest absolute Gasteiger partial charge is 0.500 e. The van der Waals surface area contributed by atoms with Crippen LogP contribution in [0.2, 0.25) is 0 Å². The highest BCUT2D eigenvalue weighted by atomic mass is 31.2. The standard InChI is InChI=1S/C15H28NO6P/c1-5-20-23(19,21-6-2)14(16-10-8-7-9-11-16)13(17)15(18)22-12(3)4/h12,17H,5-11H2,1-4H3/b14-13+. The van der Waals surface area contributed by atoms with Crippen LogP contribution in [0.1, 0.15) is 47.0 Å². The molecule has 1 rings (SSSR count). The van der Waals surface area contributed by atoms with Crippen LogP contribution in [0.3, 0.4) is 0 Å². The second-order valence-electron chi connectivity index (χ2n) is 5.51. The number of nitrogens with zero attached hydrogens (tertiary/aromatic N) is 1. The predicted octanol–water partition coefficient (Wildman–Crippen LogP) is 3.42. The third-order valence-corrected chi connectivity index (χ3v) is 5.47. The summed E-state index contributed by atoms with van der Waals surface area (Å²) in [4.78, 5) is 13.8. The first-order valence-corrected chi connectivity index (χ1v) is 9.68. The van der Waals surface area contributed by atoms with Crippen molar-refractivity contribution in [2.45, 2.75) is 53.1 Å². The van der Waals surface area contributed by atoms with Gasteiger partial charge < -0.3 is 23.8 Å². The average molecular weight is 349 g/mol. The molecule has 0 aliphatic carbocycles. The monoisotopic (exact) mass is 349 g/mol.